The van der Waals surface area contributed by atoms with Crippen molar-refractivity contribution >= 4 is 18.2 Å². The van der Waals surface area contributed by atoms with E-state index in [1.807, 2.05) is 76.1 Å². The van der Waals surface area contributed by atoms with Crippen LogP contribution in [0.15, 0.2) is 48.8 Å². The Kier molecular flexibility index (Phi) is 7.85. The van der Waals surface area contributed by atoms with E-state index in [1.54, 1.807) is 4.90 Å². The Morgan fingerprint density at radius 1 is 1.22 bits per heavy atom. The SMILES string of the molecule is Cc1cnn(C)c1-c1ccc(NC2C=CC=C[C@]2(C2CCCCC2)N(CC=O)C(=O)OC(C)(C)C)nc1. The zero-order chi connectivity index (χ0) is 26.6. The predicted octanol–water partition coefficient (Wildman–Crippen LogP) is 5.45. The van der Waals surface area contributed by atoms with E-state index in [4.69, 9.17) is 9.72 Å². The van der Waals surface area contributed by atoms with Gasteiger partial charge >= 0.3 is 6.09 Å². The first-order valence-corrected chi connectivity index (χ1v) is 13.2. The van der Waals surface area contributed by atoms with Crippen LogP contribution in [0.5, 0.6) is 0 Å². The van der Waals surface area contributed by atoms with Gasteiger partial charge in [0.05, 0.1) is 30.0 Å². The summed E-state index contributed by atoms with van der Waals surface area (Å²) in [7, 11) is 1.92. The lowest BCUT2D eigenvalue weighted by atomic mass is 9.68. The lowest BCUT2D eigenvalue weighted by molar-refractivity contribution is -0.110. The van der Waals surface area contributed by atoms with Crippen molar-refractivity contribution in [3.8, 4) is 11.3 Å². The highest BCUT2D eigenvalue weighted by Crippen LogP contribution is 2.43. The van der Waals surface area contributed by atoms with E-state index in [0.29, 0.717) is 5.82 Å². The van der Waals surface area contributed by atoms with E-state index >= 15 is 0 Å². The first kappa shape index (κ1) is 26.6. The standard InChI is InChI=1S/C29H39N5O3/c1-21-19-31-33(5)26(21)22-14-15-25(30-20-22)32-24-13-9-10-16-29(24,23-11-7-6-8-12-23)34(17-18-35)27(36)37-28(2,3)4/h9-10,13-16,18-20,23-24H,6-8,11-12,17H2,1-5H3,(H,30,32)/t24?,29-/m1/s1. The Morgan fingerprint density at radius 2 is 1.97 bits per heavy atom. The van der Waals surface area contributed by atoms with Crippen molar-refractivity contribution in [1.29, 1.82) is 0 Å². The highest BCUT2D eigenvalue weighted by Gasteiger charge is 2.51. The van der Waals surface area contributed by atoms with Gasteiger partial charge in [-0.3, -0.25) is 9.58 Å². The van der Waals surface area contributed by atoms with E-state index in [9.17, 15) is 9.59 Å². The average molecular weight is 506 g/mol. The Bertz CT molecular complexity index is 1140. The number of carbonyl (C=O) groups is 2. The smallest absolute Gasteiger partial charge is 0.411 e. The Morgan fingerprint density at radius 3 is 2.57 bits per heavy atom. The quantitative estimate of drug-likeness (QED) is 0.503. The largest absolute Gasteiger partial charge is 0.444 e. The molecule has 0 bridgehead atoms. The number of ether oxygens (including phenoxy) is 1. The molecule has 37 heavy (non-hydrogen) atoms. The second kappa shape index (κ2) is 10.9. The van der Waals surface area contributed by atoms with Crippen LogP contribution in [0.25, 0.3) is 11.3 Å². The molecule has 0 radical (unpaired) electrons. The summed E-state index contributed by atoms with van der Waals surface area (Å²) in [6, 6.07) is 3.70. The zero-order valence-corrected chi connectivity index (χ0v) is 22.6. The number of carbonyl (C=O) groups excluding carboxylic acids is 2. The third kappa shape index (κ3) is 5.63. The van der Waals surface area contributed by atoms with Crippen LogP contribution in [0.2, 0.25) is 0 Å². The molecular formula is C29H39N5O3. The molecule has 2 heterocycles. The van der Waals surface area contributed by atoms with Gasteiger partial charge in [0.2, 0.25) is 0 Å². The number of pyridine rings is 1. The summed E-state index contributed by atoms with van der Waals surface area (Å²) in [5.74, 6) is 0.868. The van der Waals surface area contributed by atoms with Crippen molar-refractivity contribution in [3.05, 3.63) is 54.4 Å². The van der Waals surface area contributed by atoms with Crippen molar-refractivity contribution in [1.82, 2.24) is 19.7 Å². The summed E-state index contributed by atoms with van der Waals surface area (Å²) < 4.78 is 7.67. The highest BCUT2D eigenvalue weighted by molar-refractivity contribution is 5.74. The van der Waals surface area contributed by atoms with Crippen molar-refractivity contribution in [2.75, 3.05) is 11.9 Å². The number of nitrogens with one attached hydrogen (secondary N) is 1. The number of aldehydes is 1. The van der Waals surface area contributed by atoms with Crippen molar-refractivity contribution in [3.63, 3.8) is 0 Å². The molecule has 0 aliphatic heterocycles. The molecule has 0 spiro atoms. The number of anilines is 1. The van der Waals surface area contributed by atoms with Gasteiger partial charge in [-0.2, -0.15) is 5.10 Å². The first-order chi connectivity index (χ1) is 17.7. The highest BCUT2D eigenvalue weighted by atomic mass is 16.6. The van der Waals surface area contributed by atoms with Crippen LogP contribution in [0, 0.1) is 12.8 Å². The van der Waals surface area contributed by atoms with E-state index in [0.717, 1.165) is 48.8 Å². The van der Waals surface area contributed by atoms with Gasteiger partial charge in [-0.05, 0) is 64.2 Å². The van der Waals surface area contributed by atoms with E-state index in [2.05, 4.69) is 22.6 Å². The van der Waals surface area contributed by atoms with E-state index in [-0.39, 0.29) is 18.5 Å². The van der Waals surface area contributed by atoms with Gasteiger partial charge < -0.3 is 14.8 Å². The Balaban J connectivity index is 1.71. The van der Waals surface area contributed by atoms with Crippen LogP contribution in [-0.2, 0) is 16.6 Å². The average Bonchev–Trinajstić information content (AvgIpc) is 3.21. The summed E-state index contributed by atoms with van der Waals surface area (Å²) in [6.07, 6.45) is 17.4. The molecule has 1 unspecified atom stereocenters. The lowest BCUT2D eigenvalue weighted by Crippen LogP contribution is -2.65. The van der Waals surface area contributed by atoms with Gasteiger partial charge in [-0.25, -0.2) is 9.78 Å². The van der Waals surface area contributed by atoms with Crippen LogP contribution < -0.4 is 5.32 Å². The normalized spacial score (nSPS) is 22.0. The molecule has 1 fully saturated rings. The Hall–Kier alpha value is -3.42. The molecule has 2 aromatic rings. The van der Waals surface area contributed by atoms with Crippen LogP contribution in [0.4, 0.5) is 10.6 Å². The van der Waals surface area contributed by atoms with Crippen LogP contribution in [0.3, 0.4) is 0 Å². The molecule has 8 heteroatoms. The van der Waals surface area contributed by atoms with Gasteiger partial charge in [-0.1, -0.05) is 43.6 Å². The minimum Gasteiger partial charge on any atom is -0.444 e. The minimum absolute atomic E-state index is 0.0477. The molecule has 1 saturated carbocycles. The number of allylic oxidation sites excluding steroid dienone is 2. The first-order valence-electron chi connectivity index (χ1n) is 13.2. The maximum atomic E-state index is 13.6. The number of aromatic nitrogens is 3. The second-order valence-electron chi connectivity index (χ2n) is 11.1. The minimum atomic E-state index is -0.766. The number of aryl methyl sites for hydroxylation is 2. The van der Waals surface area contributed by atoms with Crippen LogP contribution in [0.1, 0.15) is 58.4 Å². The third-order valence-corrected chi connectivity index (χ3v) is 7.34. The number of amides is 1. The predicted molar refractivity (Wildman–Crippen MR) is 145 cm³/mol. The molecule has 0 saturated heterocycles. The van der Waals surface area contributed by atoms with Gasteiger partial charge in [-0.15, -0.1) is 0 Å². The summed E-state index contributed by atoms with van der Waals surface area (Å²) in [6.45, 7) is 7.52. The fourth-order valence-electron chi connectivity index (χ4n) is 5.76. The van der Waals surface area contributed by atoms with Crippen molar-refractivity contribution in [2.45, 2.75) is 77.0 Å². The van der Waals surface area contributed by atoms with Crippen molar-refractivity contribution < 1.29 is 14.3 Å². The van der Waals surface area contributed by atoms with Gasteiger partial charge in [0, 0.05) is 18.8 Å². The summed E-state index contributed by atoms with van der Waals surface area (Å²) in [5, 5.41) is 7.93. The van der Waals surface area contributed by atoms with Gasteiger partial charge in [0.1, 0.15) is 17.7 Å². The molecule has 198 valence electrons. The second-order valence-corrected chi connectivity index (χ2v) is 11.1. The van der Waals surface area contributed by atoms with Crippen molar-refractivity contribution in [2.24, 2.45) is 13.0 Å². The molecule has 2 aliphatic rings. The molecule has 1 amide bonds. The topological polar surface area (TPSA) is 89.4 Å². The number of nitrogens with zero attached hydrogens (tertiary/aromatic N) is 4. The molecule has 2 aliphatic carbocycles. The summed E-state index contributed by atoms with van der Waals surface area (Å²) in [4.78, 5) is 31.8. The summed E-state index contributed by atoms with van der Waals surface area (Å²) in [5.41, 5.74) is 1.65. The van der Waals surface area contributed by atoms with E-state index in [1.165, 1.54) is 6.42 Å². The number of hydrogen-bond donors (Lipinski definition) is 1. The molecule has 4 rings (SSSR count). The monoisotopic (exact) mass is 505 g/mol. The number of hydrogen-bond acceptors (Lipinski definition) is 6. The molecule has 0 aromatic carbocycles. The molecular weight excluding hydrogens is 466 g/mol. The Labute approximate surface area is 219 Å². The molecule has 2 atom stereocenters. The van der Waals surface area contributed by atoms with Gasteiger partial charge in [0.25, 0.3) is 0 Å². The fraction of sp³-hybridized carbons (Fsp3) is 0.517. The molecule has 1 N–H and O–H groups in total. The van der Waals surface area contributed by atoms with Gasteiger partial charge in [0.15, 0.2) is 0 Å². The maximum absolute atomic E-state index is 13.6. The molecule has 8 nitrogen and oxygen atoms in total. The van der Waals surface area contributed by atoms with E-state index < -0.39 is 17.2 Å². The fourth-order valence-corrected chi connectivity index (χ4v) is 5.76. The zero-order valence-electron chi connectivity index (χ0n) is 22.6. The third-order valence-electron chi connectivity index (χ3n) is 7.34. The van der Waals surface area contributed by atoms with Crippen LogP contribution >= 0.6 is 0 Å². The maximum Gasteiger partial charge on any atom is 0.411 e. The molecule has 2 aromatic heterocycles. The lowest BCUT2D eigenvalue weighted by Gasteiger charge is -2.52. The number of rotatable bonds is 7. The summed E-state index contributed by atoms with van der Waals surface area (Å²) >= 11 is 0. The van der Waals surface area contributed by atoms with Crippen LogP contribution in [-0.4, -0.2) is 55.8 Å².